The van der Waals surface area contributed by atoms with Crippen molar-refractivity contribution < 1.29 is 27.4 Å². The van der Waals surface area contributed by atoms with Gasteiger partial charge in [-0.2, -0.15) is 13.2 Å². The van der Waals surface area contributed by atoms with E-state index in [4.69, 9.17) is 15.2 Å². The SMILES string of the molecule is COc1ccc(CN2C(=O)[C@@H](N)[C@H]2c2ccc(C(F)(F)F)cc2)cc1OC. The van der Waals surface area contributed by atoms with Crippen LogP contribution in [0.4, 0.5) is 13.2 Å². The molecule has 0 bridgehead atoms. The molecule has 2 aromatic rings. The lowest BCUT2D eigenvalue weighted by Crippen LogP contribution is -2.62. The molecule has 1 aliphatic heterocycles. The molecule has 0 unspecified atom stereocenters. The second-order valence-electron chi connectivity index (χ2n) is 6.25. The first-order chi connectivity index (χ1) is 12.8. The van der Waals surface area contributed by atoms with Crippen LogP contribution < -0.4 is 15.2 Å². The molecule has 27 heavy (non-hydrogen) atoms. The largest absolute Gasteiger partial charge is 0.493 e. The van der Waals surface area contributed by atoms with Crippen LogP contribution in [-0.2, 0) is 17.5 Å². The van der Waals surface area contributed by atoms with E-state index in [0.717, 1.165) is 17.7 Å². The summed E-state index contributed by atoms with van der Waals surface area (Å²) in [5.74, 6) is 0.834. The fraction of sp³-hybridized carbons (Fsp3) is 0.316. The highest BCUT2D eigenvalue weighted by Crippen LogP contribution is 2.38. The van der Waals surface area contributed by atoms with Crippen molar-refractivity contribution >= 4 is 5.91 Å². The topological polar surface area (TPSA) is 64.8 Å². The summed E-state index contributed by atoms with van der Waals surface area (Å²) >= 11 is 0. The summed E-state index contributed by atoms with van der Waals surface area (Å²) in [7, 11) is 3.04. The van der Waals surface area contributed by atoms with Crippen molar-refractivity contribution in [3.63, 3.8) is 0 Å². The van der Waals surface area contributed by atoms with Crippen molar-refractivity contribution in [2.45, 2.75) is 24.8 Å². The van der Waals surface area contributed by atoms with Crippen LogP contribution in [0.2, 0.25) is 0 Å². The predicted molar refractivity (Wildman–Crippen MR) is 92.3 cm³/mol. The van der Waals surface area contributed by atoms with Crippen LogP contribution in [0, 0.1) is 0 Å². The van der Waals surface area contributed by atoms with E-state index < -0.39 is 23.8 Å². The van der Waals surface area contributed by atoms with Crippen molar-refractivity contribution in [2.75, 3.05) is 14.2 Å². The van der Waals surface area contributed by atoms with Crippen LogP contribution in [0.1, 0.15) is 22.7 Å². The average Bonchev–Trinajstić information content (AvgIpc) is 2.66. The van der Waals surface area contributed by atoms with Gasteiger partial charge in [0.1, 0.15) is 6.04 Å². The molecule has 0 saturated carbocycles. The number of benzene rings is 2. The van der Waals surface area contributed by atoms with E-state index in [-0.39, 0.29) is 12.5 Å². The summed E-state index contributed by atoms with van der Waals surface area (Å²) in [4.78, 5) is 13.8. The normalized spacial score (nSPS) is 19.6. The van der Waals surface area contributed by atoms with E-state index in [1.54, 1.807) is 18.2 Å². The molecule has 1 aliphatic rings. The van der Waals surface area contributed by atoms with Crippen molar-refractivity contribution in [2.24, 2.45) is 5.73 Å². The summed E-state index contributed by atoms with van der Waals surface area (Å²) in [6.45, 7) is 0.262. The van der Waals surface area contributed by atoms with Gasteiger partial charge in [0.05, 0.1) is 25.8 Å². The molecule has 0 spiro atoms. The Hall–Kier alpha value is -2.74. The maximum Gasteiger partial charge on any atom is 0.416 e. The van der Waals surface area contributed by atoms with E-state index in [9.17, 15) is 18.0 Å². The molecule has 5 nitrogen and oxygen atoms in total. The Balaban J connectivity index is 1.82. The van der Waals surface area contributed by atoms with Gasteiger partial charge in [0, 0.05) is 6.54 Å². The number of halogens is 3. The zero-order valence-electron chi connectivity index (χ0n) is 14.8. The lowest BCUT2D eigenvalue weighted by atomic mass is 9.88. The third kappa shape index (κ3) is 3.57. The summed E-state index contributed by atoms with van der Waals surface area (Å²) in [5, 5.41) is 0. The maximum absolute atomic E-state index is 12.7. The van der Waals surface area contributed by atoms with Crippen molar-refractivity contribution in [3.05, 3.63) is 59.2 Å². The number of alkyl halides is 3. The van der Waals surface area contributed by atoms with Gasteiger partial charge < -0.3 is 20.1 Å². The van der Waals surface area contributed by atoms with Gasteiger partial charge in [-0.1, -0.05) is 18.2 Å². The van der Waals surface area contributed by atoms with Gasteiger partial charge in [-0.25, -0.2) is 0 Å². The quantitative estimate of drug-likeness (QED) is 0.810. The number of methoxy groups -OCH3 is 2. The predicted octanol–water partition coefficient (Wildman–Crippen LogP) is 3.13. The lowest BCUT2D eigenvalue weighted by Gasteiger charge is -2.46. The lowest BCUT2D eigenvalue weighted by molar-refractivity contribution is -0.150. The van der Waals surface area contributed by atoms with Crippen molar-refractivity contribution in [1.82, 2.24) is 4.90 Å². The fourth-order valence-electron chi connectivity index (χ4n) is 3.18. The first-order valence-corrected chi connectivity index (χ1v) is 8.20. The summed E-state index contributed by atoms with van der Waals surface area (Å²) in [6, 6.07) is 8.74. The Bertz CT molecular complexity index is 837. The third-order valence-corrected chi connectivity index (χ3v) is 4.62. The second-order valence-corrected chi connectivity index (χ2v) is 6.25. The number of amides is 1. The average molecular weight is 380 g/mol. The molecule has 0 radical (unpaired) electrons. The Morgan fingerprint density at radius 3 is 2.22 bits per heavy atom. The van der Waals surface area contributed by atoms with Gasteiger partial charge in [0.25, 0.3) is 0 Å². The minimum absolute atomic E-state index is 0.255. The van der Waals surface area contributed by atoms with Gasteiger partial charge in [0.2, 0.25) is 5.91 Å². The molecule has 8 heteroatoms. The maximum atomic E-state index is 12.7. The molecule has 2 atom stereocenters. The van der Waals surface area contributed by atoms with E-state index >= 15 is 0 Å². The zero-order valence-corrected chi connectivity index (χ0v) is 14.8. The highest BCUT2D eigenvalue weighted by atomic mass is 19.4. The molecule has 2 N–H and O–H groups in total. The molecular weight excluding hydrogens is 361 g/mol. The van der Waals surface area contributed by atoms with Gasteiger partial charge >= 0.3 is 6.18 Å². The molecule has 1 saturated heterocycles. The number of carbonyl (C=O) groups is 1. The Morgan fingerprint density at radius 2 is 1.67 bits per heavy atom. The first-order valence-electron chi connectivity index (χ1n) is 8.20. The minimum atomic E-state index is -4.41. The molecule has 2 aromatic carbocycles. The molecular formula is C19H19F3N2O3. The first kappa shape index (κ1) is 19.0. The fourth-order valence-corrected chi connectivity index (χ4v) is 3.18. The number of nitrogens with zero attached hydrogens (tertiary/aromatic N) is 1. The van der Waals surface area contributed by atoms with E-state index in [0.29, 0.717) is 17.1 Å². The standard InChI is InChI=1S/C19H19F3N2O3/c1-26-14-8-3-11(9-15(14)27-2)10-24-17(16(23)18(24)25)12-4-6-13(7-5-12)19(20,21)22/h3-9,16-17H,10,23H2,1-2H3/t16-,17+/m0/s1. The van der Waals surface area contributed by atoms with Gasteiger partial charge in [0.15, 0.2) is 11.5 Å². The van der Waals surface area contributed by atoms with Crippen LogP contribution in [0.15, 0.2) is 42.5 Å². The van der Waals surface area contributed by atoms with Crippen molar-refractivity contribution in [3.8, 4) is 11.5 Å². The van der Waals surface area contributed by atoms with Crippen LogP contribution in [-0.4, -0.2) is 31.1 Å². The van der Waals surface area contributed by atoms with Crippen LogP contribution in [0.25, 0.3) is 0 Å². The molecule has 0 aliphatic carbocycles. The van der Waals surface area contributed by atoms with Crippen LogP contribution >= 0.6 is 0 Å². The van der Waals surface area contributed by atoms with Crippen molar-refractivity contribution in [1.29, 1.82) is 0 Å². The summed E-state index contributed by atoms with van der Waals surface area (Å²) in [6.07, 6.45) is -4.41. The second kappa shape index (κ2) is 7.11. The Labute approximate surface area is 154 Å². The van der Waals surface area contributed by atoms with E-state index in [2.05, 4.69) is 0 Å². The van der Waals surface area contributed by atoms with Gasteiger partial charge in [-0.05, 0) is 35.4 Å². The zero-order chi connectivity index (χ0) is 19.8. The monoisotopic (exact) mass is 380 g/mol. The van der Waals surface area contributed by atoms with Crippen LogP contribution in [0.3, 0.4) is 0 Å². The Morgan fingerprint density at radius 1 is 1.04 bits per heavy atom. The Kier molecular flexibility index (Phi) is 5.01. The molecule has 1 fully saturated rings. The number of ether oxygens (including phenoxy) is 2. The highest BCUT2D eigenvalue weighted by Gasteiger charge is 2.45. The molecule has 0 aromatic heterocycles. The number of carbonyl (C=O) groups excluding carboxylic acids is 1. The van der Waals surface area contributed by atoms with E-state index in [1.165, 1.54) is 31.3 Å². The molecule has 144 valence electrons. The summed E-state index contributed by atoms with van der Waals surface area (Å²) < 4.78 is 48.7. The number of β-lactam (4-membered cyclic amide) rings is 1. The van der Waals surface area contributed by atoms with Gasteiger partial charge in [-0.3, -0.25) is 4.79 Å². The smallest absolute Gasteiger partial charge is 0.416 e. The molecule has 3 rings (SSSR count). The number of rotatable bonds is 5. The summed E-state index contributed by atoms with van der Waals surface area (Å²) in [5.41, 5.74) is 6.53. The highest BCUT2D eigenvalue weighted by molar-refractivity contribution is 5.89. The number of nitrogens with two attached hydrogens (primary N) is 1. The third-order valence-electron chi connectivity index (χ3n) is 4.62. The molecule has 1 amide bonds. The number of hydrogen-bond donors (Lipinski definition) is 1. The van der Waals surface area contributed by atoms with Gasteiger partial charge in [-0.15, -0.1) is 0 Å². The molecule has 1 heterocycles. The van der Waals surface area contributed by atoms with Crippen LogP contribution in [0.5, 0.6) is 11.5 Å². The van der Waals surface area contributed by atoms with E-state index in [1.807, 2.05) is 0 Å². The number of likely N-dealkylation sites (tertiary alicyclic amines) is 1. The number of hydrogen-bond acceptors (Lipinski definition) is 4. The minimum Gasteiger partial charge on any atom is -0.493 e.